The van der Waals surface area contributed by atoms with E-state index in [0.717, 1.165) is 36.6 Å². The number of likely N-dealkylation sites (tertiary alicyclic amines) is 1. The average molecular weight is 321 g/mol. The first-order valence-corrected chi connectivity index (χ1v) is 8.21. The average Bonchev–Trinajstić information content (AvgIpc) is 2.94. The summed E-state index contributed by atoms with van der Waals surface area (Å²) in [5.41, 5.74) is 5.88. The highest BCUT2D eigenvalue weighted by molar-refractivity contribution is 7.15. The van der Waals surface area contributed by atoms with Crippen molar-refractivity contribution in [1.82, 2.24) is 19.6 Å². The van der Waals surface area contributed by atoms with E-state index in [1.165, 1.54) is 11.3 Å². The minimum Gasteiger partial charge on any atom is -0.352 e. The van der Waals surface area contributed by atoms with Gasteiger partial charge in [-0.15, -0.1) is 11.3 Å². The summed E-state index contributed by atoms with van der Waals surface area (Å²) >= 11 is 1.46. The normalized spacial score (nSPS) is 19.4. The summed E-state index contributed by atoms with van der Waals surface area (Å²) in [6.07, 6.45) is 3.90. The van der Waals surface area contributed by atoms with E-state index >= 15 is 0 Å². The molecule has 22 heavy (non-hydrogen) atoms. The Morgan fingerprint density at radius 2 is 2.41 bits per heavy atom. The van der Waals surface area contributed by atoms with Crippen molar-refractivity contribution in [3.8, 4) is 0 Å². The van der Waals surface area contributed by atoms with Crippen molar-refractivity contribution < 1.29 is 4.79 Å². The SMILES string of the molecule is NC(=O)NC[C@@H]1CCCN(Cc2cc(=O)n3ccsc3n2)C1. The van der Waals surface area contributed by atoms with Crippen LogP contribution in [0.1, 0.15) is 18.5 Å². The smallest absolute Gasteiger partial charge is 0.312 e. The predicted molar refractivity (Wildman–Crippen MR) is 84.9 cm³/mol. The summed E-state index contributed by atoms with van der Waals surface area (Å²) in [7, 11) is 0. The molecule has 2 aromatic heterocycles. The Kier molecular flexibility index (Phi) is 4.39. The van der Waals surface area contributed by atoms with Gasteiger partial charge in [0.2, 0.25) is 0 Å². The molecule has 1 aliphatic heterocycles. The van der Waals surface area contributed by atoms with E-state index in [-0.39, 0.29) is 5.56 Å². The highest BCUT2D eigenvalue weighted by Gasteiger charge is 2.20. The maximum absolute atomic E-state index is 12.0. The van der Waals surface area contributed by atoms with Gasteiger partial charge >= 0.3 is 6.03 Å². The molecule has 3 N–H and O–H groups in total. The van der Waals surface area contributed by atoms with Crippen LogP contribution in [0.25, 0.3) is 4.96 Å². The number of nitrogens with two attached hydrogens (primary N) is 1. The number of urea groups is 1. The van der Waals surface area contributed by atoms with Crippen LogP contribution in [0.4, 0.5) is 4.79 Å². The molecule has 118 valence electrons. The lowest BCUT2D eigenvalue weighted by atomic mass is 9.98. The number of hydrogen-bond donors (Lipinski definition) is 2. The summed E-state index contributed by atoms with van der Waals surface area (Å²) in [5, 5.41) is 4.54. The van der Waals surface area contributed by atoms with Gasteiger partial charge in [0.05, 0.1) is 5.69 Å². The number of nitrogens with one attached hydrogen (secondary N) is 1. The summed E-state index contributed by atoms with van der Waals surface area (Å²) in [4.78, 5) is 30.3. The molecule has 0 saturated carbocycles. The maximum Gasteiger partial charge on any atom is 0.312 e. The molecule has 0 aromatic carbocycles. The van der Waals surface area contributed by atoms with Crippen LogP contribution in [-0.2, 0) is 6.54 Å². The van der Waals surface area contributed by atoms with E-state index in [9.17, 15) is 9.59 Å². The van der Waals surface area contributed by atoms with E-state index in [0.29, 0.717) is 19.0 Å². The van der Waals surface area contributed by atoms with Gasteiger partial charge in [-0.25, -0.2) is 9.78 Å². The Morgan fingerprint density at radius 1 is 1.55 bits per heavy atom. The first-order chi connectivity index (χ1) is 10.6. The molecule has 0 aliphatic carbocycles. The fraction of sp³-hybridized carbons (Fsp3) is 0.500. The molecule has 0 radical (unpaired) electrons. The third kappa shape index (κ3) is 3.45. The van der Waals surface area contributed by atoms with Crippen molar-refractivity contribution in [3.63, 3.8) is 0 Å². The van der Waals surface area contributed by atoms with Gasteiger partial charge in [-0.3, -0.25) is 14.1 Å². The Balaban J connectivity index is 1.66. The molecular formula is C14H19N5O2S. The molecule has 3 heterocycles. The number of fused-ring (bicyclic) bond motifs is 1. The number of primary amides is 1. The summed E-state index contributed by atoms with van der Waals surface area (Å²) < 4.78 is 1.56. The number of carbonyl (C=O) groups excluding carboxylic acids is 1. The van der Waals surface area contributed by atoms with Gasteiger partial charge < -0.3 is 11.1 Å². The Hall–Kier alpha value is -1.93. The highest BCUT2D eigenvalue weighted by Crippen LogP contribution is 2.17. The highest BCUT2D eigenvalue weighted by atomic mass is 32.1. The number of rotatable bonds is 4. The van der Waals surface area contributed by atoms with Crippen LogP contribution >= 0.6 is 11.3 Å². The van der Waals surface area contributed by atoms with Gasteiger partial charge in [-0.05, 0) is 25.3 Å². The van der Waals surface area contributed by atoms with Crippen LogP contribution in [0.2, 0.25) is 0 Å². The van der Waals surface area contributed by atoms with Crippen molar-refractivity contribution >= 4 is 22.3 Å². The van der Waals surface area contributed by atoms with E-state index in [1.807, 2.05) is 5.38 Å². The third-order valence-electron chi connectivity index (χ3n) is 3.91. The number of carbonyl (C=O) groups is 1. The molecule has 1 saturated heterocycles. The van der Waals surface area contributed by atoms with Crippen molar-refractivity contribution in [1.29, 1.82) is 0 Å². The van der Waals surface area contributed by atoms with E-state index < -0.39 is 6.03 Å². The van der Waals surface area contributed by atoms with E-state index in [2.05, 4.69) is 15.2 Å². The van der Waals surface area contributed by atoms with E-state index in [1.54, 1.807) is 16.7 Å². The van der Waals surface area contributed by atoms with Crippen molar-refractivity contribution in [2.24, 2.45) is 11.7 Å². The topological polar surface area (TPSA) is 92.7 Å². The molecule has 1 fully saturated rings. The van der Waals surface area contributed by atoms with Gasteiger partial charge in [-0.1, -0.05) is 0 Å². The van der Waals surface area contributed by atoms with Crippen LogP contribution in [0, 0.1) is 5.92 Å². The van der Waals surface area contributed by atoms with Gasteiger partial charge in [0.15, 0.2) is 4.96 Å². The maximum atomic E-state index is 12.0. The summed E-state index contributed by atoms with van der Waals surface area (Å²) in [6.45, 7) is 3.13. The Bertz CT molecular complexity index is 725. The van der Waals surface area contributed by atoms with Crippen molar-refractivity contribution in [2.45, 2.75) is 19.4 Å². The Morgan fingerprint density at radius 3 is 3.23 bits per heavy atom. The van der Waals surface area contributed by atoms with E-state index in [4.69, 9.17) is 5.73 Å². The molecule has 0 spiro atoms. The van der Waals surface area contributed by atoms with Gasteiger partial charge in [0.1, 0.15) is 0 Å². The lowest BCUT2D eigenvalue weighted by Gasteiger charge is -2.32. The summed E-state index contributed by atoms with van der Waals surface area (Å²) in [5.74, 6) is 0.396. The third-order valence-corrected chi connectivity index (χ3v) is 4.67. The molecular weight excluding hydrogens is 302 g/mol. The molecule has 7 nitrogen and oxygen atoms in total. The largest absolute Gasteiger partial charge is 0.352 e. The van der Waals surface area contributed by atoms with Crippen LogP contribution < -0.4 is 16.6 Å². The van der Waals surface area contributed by atoms with Crippen LogP contribution in [-0.4, -0.2) is 39.9 Å². The molecule has 1 aliphatic rings. The molecule has 0 bridgehead atoms. The second kappa shape index (κ2) is 6.45. The van der Waals surface area contributed by atoms with Crippen LogP contribution in [0.15, 0.2) is 22.4 Å². The number of nitrogens with zero attached hydrogens (tertiary/aromatic N) is 3. The minimum atomic E-state index is -0.477. The lowest BCUT2D eigenvalue weighted by molar-refractivity contribution is 0.164. The zero-order valence-corrected chi connectivity index (χ0v) is 13.0. The standard InChI is InChI=1S/C14H19N5O2S/c15-13(21)16-7-10-2-1-3-18(8-10)9-11-6-12(20)19-4-5-22-14(19)17-11/h4-6,10H,1-3,7-9H2,(H3,15,16,21)/t10-/m0/s1. The predicted octanol–water partition coefficient (Wildman–Crippen LogP) is 0.636. The molecule has 0 unspecified atom stereocenters. The number of thiazole rings is 1. The second-order valence-corrected chi connectivity index (χ2v) is 6.50. The molecule has 2 aromatic rings. The van der Waals surface area contributed by atoms with Gasteiger partial charge in [-0.2, -0.15) is 0 Å². The first-order valence-electron chi connectivity index (χ1n) is 7.33. The lowest BCUT2D eigenvalue weighted by Crippen LogP contribution is -2.42. The van der Waals surface area contributed by atoms with Crippen LogP contribution in [0.5, 0.6) is 0 Å². The Labute approximate surface area is 131 Å². The monoisotopic (exact) mass is 321 g/mol. The number of amides is 2. The number of piperidine rings is 1. The van der Waals surface area contributed by atoms with Crippen LogP contribution in [0.3, 0.4) is 0 Å². The second-order valence-electron chi connectivity index (χ2n) is 5.63. The zero-order chi connectivity index (χ0) is 15.5. The van der Waals surface area contributed by atoms with Gasteiger partial charge in [0.25, 0.3) is 5.56 Å². The summed E-state index contributed by atoms with van der Waals surface area (Å²) in [6, 6.07) is 1.13. The molecule has 3 rings (SSSR count). The fourth-order valence-electron chi connectivity index (χ4n) is 2.90. The number of hydrogen-bond acceptors (Lipinski definition) is 5. The zero-order valence-electron chi connectivity index (χ0n) is 12.2. The first kappa shape index (κ1) is 15.0. The quantitative estimate of drug-likeness (QED) is 0.864. The van der Waals surface area contributed by atoms with Crippen molar-refractivity contribution in [3.05, 3.63) is 33.7 Å². The van der Waals surface area contributed by atoms with Crippen molar-refractivity contribution in [2.75, 3.05) is 19.6 Å². The molecule has 1 atom stereocenters. The van der Waals surface area contributed by atoms with Gasteiger partial charge in [0, 0.05) is 37.3 Å². The molecule has 8 heteroatoms. The fourth-order valence-corrected chi connectivity index (χ4v) is 3.64. The minimum absolute atomic E-state index is 0.0368. The number of aromatic nitrogens is 2. The molecule has 2 amide bonds.